The van der Waals surface area contributed by atoms with Gasteiger partial charge in [-0.05, 0) is 19.9 Å². The van der Waals surface area contributed by atoms with Crippen LogP contribution in [-0.4, -0.2) is 65.9 Å². The number of urea groups is 1. The van der Waals surface area contributed by atoms with Crippen molar-refractivity contribution >= 4 is 12.0 Å². The van der Waals surface area contributed by atoms with E-state index in [1.165, 1.54) is 25.7 Å². The van der Waals surface area contributed by atoms with Crippen LogP contribution in [-0.2, 0) is 4.79 Å². The highest BCUT2D eigenvalue weighted by molar-refractivity contribution is 5.82. The van der Waals surface area contributed by atoms with Crippen LogP contribution < -0.4 is 10.6 Å². The molecule has 1 fully saturated rings. The van der Waals surface area contributed by atoms with Gasteiger partial charge in [0.15, 0.2) is 0 Å². The number of carboxylic acid groups (broad SMARTS) is 1. The van der Waals surface area contributed by atoms with Gasteiger partial charge in [0.2, 0.25) is 0 Å². The number of likely N-dealkylation sites (N-methyl/N-ethyl adjacent to an activating group) is 1. The van der Waals surface area contributed by atoms with Crippen molar-refractivity contribution in [3.8, 4) is 0 Å². The fraction of sp³-hybridized carbons (Fsp3) is 0.846. The van der Waals surface area contributed by atoms with Crippen molar-refractivity contribution in [2.45, 2.75) is 44.2 Å². The molecule has 4 N–H and O–H groups in total. The largest absolute Gasteiger partial charge is 0.480 e. The van der Waals surface area contributed by atoms with Gasteiger partial charge in [0.25, 0.3) is 0 Å². The molecule has 0 aliphatic heterocycles. The maximum Gasteiger partial charge on any atom is 0.326 e. The van der Waals surface area contributed by atoms with Crippen LogP contribution in [0.1, 0.15) is 32.1 Å². The Balaban J connectivity index is 2.19. The van der Waals surface area contributed by atoms with Crippen molar-refractivity contribution in [3.63, 3.8) is 0 Å². The molecule has 0 heterocycles. The second-order valence-electron chi connectivity index (χ2n) is 5.22. The standard InChI is InChI=1S/C13H25N3O4/c1-16(10-4-2-3-5-10)8-7-14-13(20)15-11(6-9-17)12(18)19/h10-11,17H,2-9H2,1H3,(H,18,19)(H2,14,15,20)/t11-/m1/s1. The van der Waals surface area contributed by atoms with Crippen LogP contribution in [0.5, 0.6) is 0 Å². The summed E-state index contributed by atoms with van der Waals surface area (Å²) in [5.41, 5.74) is 0. The highest BCUT2D eigenvalue weighted by Crippen LogP contribution is 2.21. The number of carbonyl (C=O) groups is 2. The Labute approximate surface area is 119 Å². The number of nitrogens with zero attached hydrogens (tertiary/aromatic N) is 1. The molecule has 0 radical (unpaired) electrons. The van der Waals surface area contributed by atoms with Gasteiger partial charge in [-0.15, -0.1) is 0 Å². The lowest BCUT2D eigenvalue weighted by Crippen LogP contribution is -2.48. The first-order chi connectivity index (χ1) is 9.54. The molecule has 0 bridgehead atoms. The molecule has 0 aromatic heterocycles. The normalized spacial score (nSPS) is 17.1. The van der Waals surface area contributed by atoms with Gasteiger partial charge in [-0.1, -0.05) is 12.8 Å². The molecule has 0 unspecified atom stereocenters. The minimum Gasteiger partial charge on any atom is -0.480 e. The van der Waals surface area contributed by atoms with Crippen LogP contribution in [0.25, 0.3) is 0 Å². The zero-order chi connectivity index (χ0) is 15.0. The van der Waals surface area contributed by atoms with Gasteiger partial charge in [-0.3, -0.25) is 0 Å². The minimum atomic E-state index is -1.14. The van der Waals surface area contributed by atoms with Crippen LogP contribution in [0.3, 0.4) is 0 Å². The van der Waals surface area contributed by atoms with Gasteiger partial charge in [0.05, 0.1) is 0 Å². The van der Waals surface area contributed by atoms with E-state index in [-0.39, 0.29) is 13.0 Å². The highest BCUT2D eigenvalue weighted by atomic mass is 16.4. The molecule has 0 aromatic carbocycles. The Kier molecular flexibility index (Phi) is 7.32. The second-order valence-corrected chi connectivity index (χ2v) is 5.22. The molecule has 0 spiro atoms. The van der Waals surface area contributed by atoms with Crippen LogP contribution in [0, 0.1) is 0 Å². The Morgan fingerprint density at radius 2 is 2.00 bits per heavy atom. The van der Waals surface area contributed by atoms with E-state index in [0.717, 1.165) is 6.54 Å². The molecule has 20 heavy (non-hydrogen) atoms. The first-order valence-electron chi connectivity index (χ1n) is 7.13. The number of hydrogen-bond acceptors (Lipinski definition) is 4. The summed E-state index contributed by atoms with van der Waals surface area (Å²) in [5, 5.41) is 22.6. The second kappa shape index (κ2) is 8.76. The third-order valence-electron chi connectivity index (χ3n) is 3.72. The molecule has 0 aromatic rings. The lowest BCUT2D eigenvalue weighted by Gasteiger charge is -2.24. The molecule has 116 valence electrons. The summed E-state index contributed by atoms with van der Waals surface area (Å²) in [6, 6.07) is -0.959. The number of aliphatic hydroxyl groups is 1. The van der Waals surface area contributed by atoms with Gasteiger partial charge in [-0.25, -0.2) is 9.59 Å². The zero-order valence-electron chi connectivity index (χ0n) is 12.0. The molecule has 2 amide bonds. The fourth-order valence-corrected chi connectivity index (χ4v) is 2.47. The molecule has 7 nitrogen and oxygen atoms in total. The van der Waals surface area contributed by atoms with E-state index >= 15 is 0 Å². The van der Waals surface area contributed by atoms with E-state index in [9.17, 15) is 9.59 Å². The average Bonchev–Trinajstić information content (AvgIpc) is 2.91. The average molecular weight is 287 g/mol. The number of aliphatic hydroxyl groups excluding tert-OH is 1. The number of nitrogens with one attached hydrogen (secondary N) is 2. The number of amides is 2. The van der Waals surface area contributed by atoms with Crippen molar-refractivity contribution in [2.75, 3.05) is 26.7 Å². The topological polar surface area (TPSA) is 102 Å². The Hall–Kier alpha value is -1.34. The summed E-state index contributed by atoms with van der Waals surface area (Å²) in [6.45, 7) is 0.946. The summed E-state index contributed by atoms with van der Waals surface area (Å²) in [6.07, 6.45) is 4.96. The number of aliphatic carboxylic acids is 1. The van der Waals surface area contributed by atoms with Crippen LogP contribution in [0.2, 0.25) is 0 Å². The predicted octanol–water partition coefficient (Wildman–Crippen LogP) is -0.00440. The maximum atomic E-state index is 11.5. The fourth-order valence-electron chi connectivity index (χ4n) is 2.47. The van der Waals surface area contributed by atoms with Crippen molar-refractivity contribution in [1.82, 2.24) is 15.5 Å². The van der Waals surface area contributed by atoms with Crippen molar-refractivity contribution in [3.05, 3.63) is 0 Å². The number of hydrogen-bond donors (Lipinski definition) is 4. The number of rotatable bonds is 8. The first-order valence-corrected chi connectivity index (χ1v) is 7.13. The molecular formula is C13H25N3O4. The molecule has 1 aliphatic rings. The molecule has 0 saturated heterocycles. The van der Waals surface area contributed by atoms with Gasteiger partial charge in [-0.2, -0.15) is 0 Å². The van der Waals surface area contributed by atoms with Gasteiger partial charge in [0.1, 0.15) is 6.04 Å². The smallest absolute Gasteiger partial charge is 0.326 e. The van der Waals surface area contributed by atoms with Crippen LogP contribution in [0.4, 0.5) is 4.79 Å². The zero-order valence-corrected chi connectivity index (χ0v) is 12.0. The Morgan fingerprint density at radius 1 is 1.35 bits per heavy atom. The Bertz CT molecular complexity index is 319. The quantitative estimate of drug-likeness (QED) is 0.503. The summed E-state index contributed by atoms with van der Waals surface area (Å²) >= 11 is 0. The van der Waals surface area contributed by atoms with E-state index in [1.807, 2.05) is 7.05 Å². The minimum absolute atomic E-state index is 0.00469. The van der Waals surface area contributed by atoms with Crippen molar-refractivity contribution in [1.29, 1.82) is 0 Å². The highest BCUT2D eigenvalue weighted by Gasteiger charge is 2.20. The molecular weight excluding hydrogens is 262 g/mol. The molecule has 1 saturated carbocycles. The van der Waals surface area contributed by atoms with Gasteiger partial charge in [0, 0.05) is 32.2 Å². The molecule has 1 rings (SSSR count). The van der Waals surface area contributed by atoms with Gasteiger partial charge >= 0.3 is 12.0 Å². The lowest BCUT2D eigenvalue weighted by molar-refractivity contribution is -0.139. The summed E-state index contributed by atoms with van der Waals surface area (Å²) in [4.78, 5) is 24.6. The first kappa shape index (κ1) is 16.7. The molecule has 1 atom stereocenters. The molecule has 1 aliphatic carbocycles. The predicted molar refractivity (Wildman–Crippen MR) is 74.5 cm³/mol. The Morgan fingerprint density at radius 3 is 2.55 bits per heavy atom. The number of carbonyl (C=O) groups excluding carboxylic acids is 1. The summed E-state index contributed by atoms with van der Waals surface area (Å²) in [7, 11) is 2.04. The third-order valence-corrected chi connectivity index (χ3v) is 3.72. The van der Waals surface area contributed by atoms with Crippen molar-refractivity contribution in [2.24, 2.45) is 0 Å². The van der Waals surface area contributed by atoms with E-state index in [0.29, 0.717) is 12.6 Å². The SMILES string of the molecule is CN(CCNC(=O)N[C@H](CCO)C(=O)O)C1CCCC1. The maximum absolute atomic E-state index is 11.5. The van der Waals surface area contributed by atoms with E-state index < -0.39 is 18.0 Å². The summed E-state index contributed by atoms with van der Waals surface area (Å²) < 4.78 is 0. The summed E-state index contributed by atoms with van der Waals surface area (Å²) in [5.74, 6) is -1.14. The van der Waals surface area contributed by atoms with Crippen LogP contribution >= 0.6 is 0 Å². The van der Waals surface area contributed by atoms with Crippen LogP contribution in [0.15, 0.2) is 0 Å². The van der Waals surface area contributed by atoms with E-state index in [2.05, 4.69) is 15.5 Å². The van der Waals surface area contributed by atoms with E-state index in [1.54, 1.807) is 0 Å². The van der Waals surface area contributed by atoms with Crippen molar-refractivity contribution < 1.29 is 19.8 Å². The lowest BCUT2D eigenvalue weighted by atomic mass is 10.2. The monoisotopic (exact) mass is 287 g/mol. The van der Waals surface area contributed by atoms with E-state index in [4.69, 9.17) is 10.2 Å². The van der Waals surface area contributed by atoms with Gasteiger partial charge < -0.3 is 25.7 Å². The third kappa shape index (κ3) is 5.75. The molecule has 7 heteroatoms. The number of carboxylic acids is 1.